The highest BCUT2D eigenvalue weighted by molar-refractivity contribution is 7.99. The third kappa shape index (κ3) is 3.26. The highest BCUT2D eigenvalue weighted by atomic mass is 32.2. The van der Waals surface area contributed by atoms with Gasteiger partial charge in [-0.05, 0) is 19.4 Å². The molecule has 4 nitrogen and oxygen atoms in total. The maximum absolute atomic E-state index is 11.8. The van der Waals surface area contributed by atoms with Crippen LogP contribution in [0.15, 0.2) is 23.5 Å². The zero-order valence-electron chi connectivity index (χ0n) is 10.6. The molecule has 0 aliphatic heterocycles. The molecule has 0 aromatic carbocycles. The number of pyridine rings is 1. The Kier molecular flexibility index (Phi) is 5.22. The molecular weight excluding hydrogens is 250 g/mol. The molecule has 98 valence electrons. The van der Waals surface area contributed by atoms with Crippen molar-refractivity contribution < 1.29 is 9.90 Å². The molecule has 0 radical (unpaired) electrons. The molecule has 0 amide bonds. The van der Waals surface area contributed by atoms with E-state index in [-0.39, 0.29) is 11.1 Å². The second kappa shape index (κ2) is 6.44. The number of hydrogen-bond acceptors (Lipinski definition) is 3. The average Bonchev–Trinajstić information content (AvgIpc) is 2.26. The molecule has 0 spiro atoms. The van der Waals surface area contributed by atoms with E-state index in [1.807, 2.05) is 0 Å². The maximum atomic E-state index is 11.8. The number of aromatic nitrogens is 1. The van der Waals surface area contributed by atoms with Crippen molar-refractivity contribution in [2.24, 2.45) is 0 Å². The molecule has 1 aromatic heterocycles. The highest BCUT2D eigenvalue weighted by Crippen LogP contribution is 2.12. The Bertz CT molecular complexity index is 520. The lowest BCUT2D eigenvalue weighted by Gasteiger charge is -2.13. The zero-order valence-corrected chi connectivity index (χ0v) is 11.4. The van der Waals surface area contributed by atoms with Gasteiger partial charge in [0.1, 0.15) is 0 Å². The van der Waals surface area contributed by atoms with Gasteiger partial charge in [0.15, 0.2) is 0 Å². The fourth-order valence-corrected chi connectivity index (χ4v) is 2.49. The Balaban J connectivity index is 3.04. The minimum Gasteiger partial charge on any atom is -0.478 e. The number of carboxylic acid groups (broad SMARTS) is 1. The van der Waals surface area contributed by atoms with Crippen LogP contribution < -0.4 is 5.56 Å². The predicted molar refractivity (Wildman–Crippen MR) is 74.7 cm³/mol. The van der Waals surface area contributed by atoms with Crippen LogP contribution in [0.25, 0.3) is 0 Å². The first-order valence-electron chi connectivity index (χ1n) is 5.62. The molecule has 1 aromatic rings. The van der Waals surface area contributed by atoms with E-state index in [0.29, 0.717) is 17.8 Å². The van der Waals surface area contributed by atoms with Crippen molar-refractivity contribution in [3.63, 3.8) is 0 Å². The first-order valence-corrected chi connectivity index (χ1v) is 6.77. The minimum absolute atomic E-state index is 0.144. The first-order chi connectivity index (χ1) is 8.49. The van der Waals surface area contributed by atoms with Crippen LogP contribution in [0.4, 0.5) is 0 Å². The standard InChI is InChI=1S/C13H17NO3S/c1-4-6-18-7-5-14-10(3)12(13(16)17)9(2)8-11(14)15/h4,8H,1,5-7H2,2-3H3,(H,16,17). The number of aromatic carboxylic acids is 1. The molecule has 0 saturated carbocycles. The van der Waals surface area contributed by atoms with E-state index in [2.05, 4.69) is 6.58 Å². The molecule has 1 rings (SSSR count). The summed E-state index contributed by atoms with van der Waals surface area (Å²) in [7, 11) is 0. The van der Waals surface area contributed by atoms with Gasteiger partial charge in [0.25, 0.3) is 5.56 Å². The van der Waals surface area contributed by atoms with Crippen LogP contribution in [0, 0.1) is 13.8 Å². The number of nitrogens with zero attached hydrogens (tertiary/aromatic N) is 1. The highest BCUT2D eigenvalue weighted by Gasteiger charge is 2.15. The summed E-state index contributed by atoms with van der Waals surface area (Å²) in [5.74, 6) is 0.595. The van der Waals surface area contributed by atoms with Gasteiger partial charge in [-0.15, -0.1) is 6.58 Å². The van der Waals surface area contributed by atoms with Crippen molar-refractivity contribution in [3.05, 3.63) is 45.9 Å². The van der Waals surface area contributed by atoms with E-state index in [9.17, 15) is 9.59 Å². The number of carboxylic acids is 1. The van der Waals surface area contributed by atoms with Gasteiger partial charge >= 0.3 is 5.97 Å². The van der Waals surface area contributed by atoms with Gasteiger partial charge in [-0.25, -0.2) is 4.79 Å². The van der Waals surface area contributed by atoms with Crippen molar-refractivity contribution in [2.75, 3.05) is 11.5 Å². The summed E-state index contributed by atoms with van der Waals surface area (Å²) in [5, 5.41) is 9.14. The summed E-state index contributed by atoms with van der Waals surface area (Å²) in [5.41, 5.74) is 1.12. The average molecular weight is 267 g/mol. The molecule has 5 heteroatoms. The molecule has 0 aliphatic rings. The van der Waals surface area contributed by atoms with Crippen LogP contribution >= 0.6 is 11.8 Å². The van der Waals surface area contributed by atoms with Gasteiger partial charge < -0.3 is 9.67 Å². The third-order valence-corrected chi connectivity index (χ3v) is 3.62. The van der Waals surface area contributed by atoms with Crippen LogP contribution in [0.5, 0.6) is 0 Å². The van der Waals surface area contributed by atoms with Crippen molar-refractivity contribution >= 4 is 17.7 Å². The summed E-state index contributed by atoms with van der Waals surface area (Å²) >= 11 is 1.66. The van der Waals surface area contributed by atoms with E-state index in [4.69, 9.17) is 5.11 Å². The molecule has 18 heavy (non-hydrogen) atoms. The van der Waals surface area contributed by atoms with E-state index < -0.39 is 5.97 Å². The Morgan fingerprint density at radius 2 is 2.22 bits per heavy atom. The van der Waals surface area contributed by atoms with Crippen LogP contribution in [-0.2, 0) is 6.54 Å². The molecule has 0 bridgehead atoms. The number of carbonyl (C=O) groups is 1. The number of aryl methyl sites for hydroxylation is 1. The minimum atomic E-state index is -0.988. The normalized spacial score (nSPS) is 10.3. The van der Waals surface area contributed by atoms with E-state index in [1.54, 1.807) is 31.7 Å². The van der Waals surface area contributed by atoms with Crippen molar-refractivity contribution in [1.29, 1.82) is 0 Å². The fraction of sp³-hybridized carbons (Fsp3) is 0.385. The Labute approximate surface area is 110 Å². The lowest BCUT2D eigenvalue weighted by atomic mass is 10.1. The van der Waals surface area contributed by atoms with Gasteiger partial charge in [0, 0.05) is 29.8 Å². The molecule has 1 heterocycles. The van der Waals surface area contributed by atoms with Crippen LogP contribution in [0.3, 0.4) is 0 Å². The van der Waals surface area contributed by atoms with Gasteiger partial charge in [-0.3, -0.25) is 4.79 Å². The van der Waals surface area contributed by atoms with E-state index >= 15 is 0 Å². The number of thioether (sulfide) groups is 1. The lowest BCUT2D eigenvalue weighted by Crippen LogP contribution is -2.26. The summed E-state index contributed by atoms with van der Waals surface area (Å²) in [6.45, 7) is 7.46. The Hall–Kier alpha value is -1.49. The second-order valence-corrected chi connectivity index (χ2v) is 5.10. The monoisotopic (exact) mass is 267 g/mol. The summed E-state index contributed by atoms with van der Waals surface area (Å²) in [6, 6.07) is 1.38. The number of rotatable bonds is 6. The largest absolute Gasteiger partial charge is 0.478 e. The summed E-state index contributed by atoms with van der Waals surface area (Å²) in [6.07, 6.45) is 1.80. The number of hydrogen-bond donors (Lipinski definition) is 1. The topological polar surface area (TPSA) is 59.3 Å². The van der Waals surface area contributed by atoms with Crippen LogP contribution in [0.1, 0.15) is 21.6 Å². The summed E-state index contributed by atoms with van der Waals surface area (Å²) in [4.78, 5) is 23.0. The molecule has 0 unspecified atom stereocenters. The van der Waals surface area contributed by atoms with Crippen molar-refractivity contribution in [3.8, 4) is 0 Å². The van der Waals surface area contributed by atoms with E-state index in [0.717, 1.165) is 11.5 Å². The van der Waals surface area contributed by atoms with Gasteiger partial charge in [0.05, 0.1) is 5.56 Å². The third-order valence-electron chi connectivity index (χ3n) is 2.68. The zero-order chi connectivity index (χ0) is 13.7. The fourth-order valence-electron chi connectivity index (χ4n) is 1.84. The summed E-state index contributed by atoms with van der Waals surface area (Å²) < 4.78 is 1.52. The van der Waals surface area contributed by atoms with E-state index in [1.165, 1.54) is 10.6 Å². The second-order valence-electron chi connectivity index (χ2n) is 3.95. The maximum Gasteiger partial charge on any atom is 0.337 e. The van der Waals surface area contributed by atoms with Crippen LogP contribution in [-0.4, -0.2) is 27.1 Å². The SMILES string of the molecule is C=CCSCCn1c(C)c(C(=O)O)c(C)cc1=O. The predicted octanol–water partition coefficient (Wildman–Crippen LogP) is 2.08. The first kappa shape index (κ1) is 14.6. The molecular formula is C13H17NO3S. The molecule has 0 aliphatic carbocycles. The quantitative estimate of drug-likeness (QED) is 0.633. The van der Waals surface area contributed by atoms with Gasteiger partial charge in [-0.1, -0.05) is 6.08 Å². The Morgan fingerprint density at radius 3 is 2.78 bits per heavy atom. The molecule has 0 saturated heterocycles. The molecule has 1 N–H and O–H groups in total. The van der Waals surface area contributed by atoms with Crippen LogP contribution in [0.2, 0.25) is 0 Å². The lowest BCUT2D eigenvalue weighted by molar-refractivity contribution is 0.0694. The molecule has 0 fully saturated rings. The van der Waals surface area contributed by atoms with Gasteiger partial charge in [0.2, 0.25) is 0 Å². The van der Waals surface area contributed by atoms with Crippen molar-refractivity contribution in [1.82, 2.24) is 4.57 Å². The Morgan fingerprint density at radius 1 is 1.56 bits per heavy atom. The molecule has 0 atom stereocenters. The van der Waals surface area contributed by atoms with Gasteiger partial charge in [-0.2, -0.15) is 11.8 Å². The van der Waals surface area contributed by atoms with Crippen molar-refractivity contribution in [2.45, 2.75) is 20.4 Å². The smallest absolute Gasteiger partial charge is 0.337 e.